The molecule has 6 nitrogen and oxygen atoms in total. The van der Waals surface area contributed by atoms with Crippen LogP contribution < -0.4 is 19.9 Å². The maximum atomic E-state index is 12.3. The molecule has 33 heavy (non-hydrogen) atoms. The van der Waals surface area contributed by atoms with Gasteiger partial charge in [0.1, 0.15) is 28.9 Å². The molecule has 1 unspecified atom stereocenters. The first-order valence-corrected chi connectivity index (χ1v) is 11.0. The van der Waals surface area contributed by atoms with Crippen molar-refractivity contribution >= 4 is 21.9 Å². The van der Waals surface area contributed by atoms with Gasteiger partial charge < -0.3 is 19.9 Å². The van der Waals surface area contributed by atoms with E-state index in [2.05, 4.69) is 22.0 Å². The Bertz CT molecular complexity index is 1270. The van der Waals surface area contributed by atoms with Crippen molar-refractivity contribution in [1.82, 2.24) is 0 Å². The standard InChI is InChI=1S/C26H21BrN2O4/c1-15-9-16(2)11-20(10-15)31-14-24(30)32-19-7-8-21-23(12-19)33-26(29)22(13-28)25(21)17-3-5-18(27)6-4-17/h3-12,25H,14,29H2,1-2H3. The zero-order chi connectivity index (χ0) is 23.5. The van der Waals surface area contributed by atoms with Crippen LogP contribution in [0.4, 0.5) is 0 Å². The predicted molar refractivity (Wildman–Crippen MR) is 127 cm³/mol. The van der Waals surface area contributed by atoms with Gasteiger partial charge in [0.15, 0.2) is 6.61 Å². The molecule has 0 radical (unpaired) electrons. The Kier molecular flexibility index (Phi) is 6.38. The number of carbonyl (C=O) groups is 1. The number of ether oxygens (including phenoxy) is 3. The molecular formula is C26H21BrN2O4. The molecule has 166 valence electrons. The maximum Gasteiger partial charge on any atom is 0.349 e. The molecule has 0 spiro atoms. The van der Waals surface area contributed by atoms with E-state index in [1.165, 1.54) is 0 Å². The fourth-order valence-corrected chi connectivity index (χ4v) is 4.08. The van der Waals surface area contributed by atoms with Gasteiger partial charge in [-0.25, -0.2) is 4.79 Å². The Morgan fingerprint density at radius 1 is 1.06 bits per heavy atom. The number of fused-ring (bicyclic) bond motifs is 1. The normalized spacial score (nSPS) is 14.7. The Morgan fingerprint density at radius 3 is 2.42 bits per heavy atom. The zero-order valence-corrected chi connectivity index (χ0v) is 19.7. The highest BCUT2D eigenvalue weighted by Gasteiger charge is 2.31. The summed E-state index contributed by atoms with van der Waals surface area (Å²) in [7, 11) is 0. The predicted octanol–water partition coefficient (Wildman–Crippen LogP) is 5.27. The van der Waals surface area contributed by atoms with E-state index in [0.717, 1.165) is 26.7 Å². The van der Waals surface area contributed by atoms with Gasteiger partial charge in [-0.05, 0) is 60.9 Å². The molecular weight excluding hydrogens is 484 g/mol. The molecule has 1 aliphatic heterocycles. The number of hydrogen-bond donors (Lipinski definition) is 1. The first-order chi connectivity index (χ1) is 15.8. The van der Waals surface area contributed by atoms with Gasteiger partial charge in [0.2, 0.25) is 5.88 Å². The number of allylic oxidation sites excluding steroid dienone is 1. The second kappa shape index (κ2) is 9.39. The minimum atomic E-state index is -0.546. The van der Waals surface area contributed by atoms with E-state index in [-0.39, 0.29) is 18.4 Å². The summed E-state index contributed by atoms with van der Waals surface area (Å²) in [6.45, 7) is 3.69. The SMILES string of the molecule is Cc1cc(C)cc(OCC(=O)Oc2ccc3c(c2)OC(N)=C(C#N)C3c2ccc(Br)cc2)c1. The number of hydrogen-bond acceptors (Lipinski definition) is 6. The minimum absolute atomic E-state index is 0.0274. The van der Waals surface area contributed by atoms with E-state index in [9.17, 15) is 10.1 Å². The molecule has 0 bridgehead atoms. The number of nitrogens with two attached hydrogens (primary N) is 1. The summed E-state index contributed by atoms with van der Waals surface area (Å²) in [5, 5.41) is 9.67. The highest BCUT2D eigenvalue weighted by Crippen LogP contribution is 2.43. The molecule has 4 rings (SSSR count). The monoisotopic (exact) mass is 504 g/mol. The van der Waals surface area contributed by atoms with Gasteiger partial charge >= 0.3 is 5.97 Å². The van der Waals surface area contributed by atoms with Gasteiger partial charge in [-0.2, -0.15) is 5.26 Å². The van der Waals surface area contributed by atoms with Gasteiger partial charge in [-0.15, -0.1) is 0 Å². The van der Waals surface area contributed by atoms with Crippen LogP contribution in [-0.2, 0) is 4.79 Å². The van der Waals surface area contributed by atoms with Crippen molar-refractivity contribution in [3.05, 3.63) is 98.8 Å². The summed E-state index contributed by atoms with van der Waals surface area (Å²) in [6, 6.07) is 20.6. The lowest BCUT2D eigenvalue weighted by atomic mass is 9.83. The van der Waals surface area contributed by atoms with Crippen LogP contribution in [0.25, 0.3) is 0 Å². The lowest BCUT2D eigenvalue weighted by Crippen LogP contribution is -2.21. The van der Waals surface area contributed by atoms with Crippen molar-refractivity contribution in [2.75, 3.05) is 6.61 Å². The number of nitriles is 1. The minimum Gasteiger partial charge on any atom is -0.482 e. The smallest absolute Gasteiger partial charge is 0.349 e. The number of esters is 1. The average molecular weight is 505 g/mol. The number of carbonyl (C=O) groups excluding carboxylic acids is 1. The molecule has 0 aliphatic carbocycles. The second-order valence-electron chi connectivity index (χ2n) is 7.76. The molecule has 1 heterocycles. The van der Waals surface area contributed by atoms with E-state index in [0.29, 0.717) is 22.8 Å². The Hall–Kier alpha value is -3.76. The summed E-state index contributed by atoms with van der Waals surface area (Å²) in [6.07, 6.45) is 0. The number of nitrogens with zero attached hydrogens (tertiary/aromatic N) is 1. The first kappa shape index (κ1) is 22.4. The number of aryl methyl sites for hydroxylation is 2. The van der Waals surface area contributed by atoms with Crippen LogP contribution in [0, 0.1) is 25.2 Å². The van der Waals surface area contributed by atoms with Crippen LogP contribution in [-0.4, -0.2) is 12.6 Å². The zero-order valence-electron chi connectivity index (χ0n) is 18.1. The summed E-state index contributed by atoms with van der Waals surface area (Å²) in [5.41, 5.74) is 10.1. The lowest BCUT2D eigenvalue weighted by molar-refractivity contribution is -0.136. The molecule has 3 aromatic carbocycles. The van der Waals surface area contributed by atoms with E-state index >= 15 is 0 Å². The van der Waals surface area contributed by atoms with E-state index < -0.39 is 5.97 Å². The Labute approximate surface area is 200 Å². The van der Waals surface area contributed by atoms with Crippen molar-refractivity contribution in [1.29, 1.82) is 5.26 Å². The summed E-state index contributed by atoms with van der Waals surface area (Å²) >= 11 is 3.43. The van der Waals surface area contributed by atoms with Crippen molar-refractivity contribution in [2.24, 2.45) is 5.73 Å². The van der Waals surface area contributed by atoms with E-state index in [1.54, 1.807) is 18.2 Å². The molecule has 1 aliphatic rings. The van der Waals surface area contributed by atoms with Gasteiger partial charge in [0, 0.05) is 16.1 Å². The largest absolute Gasteiger partial charge is 0.482 e. The van der Waals surface area contributed by atoms with Crippen molar-refractivity contribution in [3.63, 3.8) is 0 Å². The summed E-state index contributed by atoms with van der Waals surface area (Å²) in [5.74, 6) is 0.433. The number of benzene rings is 3. The Balaban J connectivity index is 1.53. The molecule has 0 aromatic heterocycles. The third-order valence-electron chi connectivity index (χ3n) is 5.18. The summed E-state index contributed by atoms with van der Waals surface area (Å²) < 4.78 is 17.6. The van der Waals surface area contributed by atoms with Crippen LogP contribution in [0.1, 0.15) is 28.2 Å². The fourth-order valence-electron chi connectivity index (χ4n) is 3.82. The molecule has 0 saturated carbocycles. The van der Waals surface area contributed by atoms with Crippen LogP contribution >= 0.6 is 15.9 Å². The van der Waals surface area contributed by atoms with Crippen molar-refractivity contribution in [3.8, 4) is 23.3 Å². The third kappa shape index (κ3) is 5.02. The number of halogens is 1. The van der Waals surface area contributed by atoms with Crippen LogP contribution in [0.15, 0.2) is 76.6 Å². The fraction of sp³-hybridized carbons (Fsp3) is 0.154. The van der Waals surface area contributed by atoms with Crippen molar-refractivity contribution < 1.29 is 19.0 Å². The first-order valence-electron chi connectivity index (χ1n) is 10.2. The highest BCUT2D eigenvalue weighted by molar-refractivity contribution is 9.10. The van der Waals surface area contributed by atoms with Crippen LogP contribution in [0.2, 0.25) is 0 Å². The topological polar surface area (TPSA) is 94.6 Å². The van der Waals surface area contributed by atoms with Gasteiger partial charge in [0.05, 0.1) is 5.92 Å². The highest BCUT2D eigenvalue weighted by atomic mass is 79.9. The summed E-state index contributed by atoms with van der Waals surface area (Å²) in [4.78, 5) is 12.3. The maximum absolute atomic E-state index is 12.3. The molecule has 0 fully saturated rings. The van der Waals surface area contributed by atoms with Crippen LogP contribution in [0.5, 0.6) is 17.2 Å². The molecule has 0 saturated heterocycles. The number of rotatable bonds is 5. The van der Waals surface area contributed by atoms with Crippen molar-refractivity contribution in [2.45, 2.75) is 19.8 Å². The molecule has 2 N–H and O–H groups in total. The van der Waals surface area contributed by atoms with Gasteiger partial charge in [-0.3, -0.25) is 0 Å². The lowest BCUT2D eigenvalue weighted by Gasteiger charge is -2.26. The van der Waals surface area contributed by atoms with Gasteiger partial charge in [-0.1, -0.05) is 40.2 Å². The van der Waals surface area contributed by atoms with E-state index in [4.69, 9.17) is 19.9 Å². The molecule has 1 atom stereocenters. The second-order valence-corrected chi connectivity index (χ2v) is 8.68. The third-order valence-corrected chi connectivity index (χ3v) is 5.71. The molecule has 0 amide bonds. The average Bonchev–Trinajstić information content (AvgIpc) is 2.77. The molecule has 7 heteroatoms. The quantitative estimate of drug-likeness (QED) is 0.375. The van der Waals surface area contributed by atoms with Crippen LogP contribution in [0.3, 0.4) is 0 Å². The molecule has 3 aromatic rings. The Morgan fingerprint density at radius 2 is 1.76 bits per heavy atom. The van der Waals surface area contributed by atoms with Gasteiger partial charge in [0.25, 0.3) is 0 Å². The van der Waals surface area contributed by atoms with E-state index in [1.807, 2.05) is 56.3 Å².